The summed E-state index contributed by atoms with van der Waals surface area (Å²) in [6, 6.07) is 14.7. The Balaban J connectivity index is 1.38. The summed E-state index contributed by atoms with van der Waals surface area (Å²) in [7, 11) is 0. The molecule has 7 heteroatoms. The van der Waals surface area contributed by atoms with Crippen molar-refractivity contribution in [1.29, 1.82) is 0 Å². The first-order valence-corrected chi connectivity index (χ1v) is 9.92. The normalized spacial score (nSPS) is 17.9. The average Bonchev–Trinajstić information content (AvgIpc) is 3.21. The van der Waals surface area contributed by atoms with Gasteiger partial charge in [0.2, 0.25) is 5.56 Å². The molecule has 1 saturated heterocycles. The fraction of sp³-hybridized carbons (Fsp3) is 0.318. The smallest absolute Gasteiger partial charge is 0.270 e. The van der Waals surface area contributed by atoms with Crippen molar-refractivity contribution in [2.24, 2.45) is 0 Å². The number of hydrogen-bond acceptors (Lipinski definition) is 4. The number of nitrogens with one attached hydrogen (secondary N) is 1. The fourth-order valence-electron chi connectivity index (χ4n) is 4.31. The predicted molar refractivity (Wildman–Crippen MR) is 107 cm³/mol. The zero-order chi connectivity index (χ0) is 19.8. The minimum Gasteiger partial charge on any atom is -0.368 e. The molecule has 1 spiro atoms. The highest BCUT2D eigenvalue weighted by molar-refractivity contribution is 5.92. The van der Waals surface area contributed by atoms with E-state index < -0.39 is 5.60 Å². The Hall–Kier alpha value is -3.19. The first-order valence-electron chi connectivity index (χ1n) is 9.92. The maximum absolute atomic E-state index is 12.8. The molecule has 2 aliphatic heterocycles. The lowest BCUT2D eigenvalue weighted by atomic mass is 9.83. The molecule has 1 fully saturated rings. The number of benzene rings is 1. The zero-order valence-corrected chi connectivity index (χ0v) is 16.0. The molecule has 0 unspecified atom stereocenters. The molecule has 0 bridgehead atoms. The largest absolute Gasteiger partial charge is 0.368 e. The van der Waals surface area contributed by atoms with Gasteiger partial charge in [0.1, 0.15) is 11.3 Å². The van der Waals surface area contributed by atoms with Gasteiger partial charge in [0.15, 0.2) is 0 Å². The van der Waals surface area contributed by atoms with E-state index in [0.29, 0.717) is 38.2 Å². The van der Waals surface area contributed by atoms with Crippen molar-refractivity contribution in [3.8, 4) is 5.69 Å². The Bertz CT molecular complexity index is 1090. The Morgan fingerprint density at radius 3 is 2.62 bits per heavy atom. The number of carbonyl (C=O) groups is 1. The molecule has 1 aromatic carbocycles. The van der Waals surface area contributed by atoms with Crippen LogP contribution in [0.2, 0.25) is 0 Å². The average molecular weight is 390 g/mol. The van der Waals surface area contributed by atoms with E-state index in [1.807, 2.05) is 35.0 Å². The SMILES string of the molecule is O=C(c1cccc(=O)[nH]1)N1CCC2(CC1)OCCc1cn(-c3ccccc3)nc12. The minimum absolute atomic E-state index is 0.150. The summed E-state index contributed by atoms with van der Waals surface area (Å²) in [6.07, 6.45) is 4.32. The fourth-order valence-corrected chi connectivity index (χ4v) is 4.31. The van der Waals surface area contributed by atoms with Gasteiger partial charge in [-0.1, -0.05) is 24.3 Å². The second-order valence-electron chi connectivity index (χ2n) is 7.60. The lowest BCUT2D eigenvalue weighted by Gasteiger charge is -2.42. The van der Waals surface area contributed by atoms with Crippen molar-refractivity contribution in [1.82, 2.24) is 19.7 Å². The van der Waals surface area contributed by atoms with Gasteiger partial charge >= 0.3 is 0 Å². The van der Waals surface area contributed by atoms with Crippen LogP contribution in [0.1, 0.15) is 34.6 Å². The maximum Gasteiger partial charge on any atom is 0.270 e. The number of H-pyrrole nitrogens is 1. The van der Waals surface area contributed by atoms with Crippen molar-refractivity contribution in [3.05, 3.63) is 82.0 Å². The highest BCUT2D eigenvalue weighted by Gasteiger charge is 2.44. The Kier molecular flexibility index (Phi) is 4.32. The number of hydrogen-bond donors (Lipinski definition) is 1. The first-order chi connectivity index (χ1) is 14.1. The highest BCUT2D eigenvalue weighted by atomic mass is 16.5. The van der Waals surface area contributed by atoms with E-state index in [0.717, 1.165) is 17.8 Å². The van der Waals surface area contributed by atoms with Crippen LogP contribution in [0.25, 0.3) is 5.69 Å². The van der Waals surface area contributed by atoms with E-state index in [1.54, 1.807) is 17.0 Å². The van der Waals surface area contributed by atoms with Gasteiger partial charge in [0.25, 0.3) is 5.91 Å². The number of ether oxygens (including phenoxy) is 1. The number of likely N-dealkylation sites (tertiary alicyclic amines) is 1. The summed E-state index contributed by atoms with van der Waals surface area (Å²) in [5.41, 5.74) is 2.84. The number of carbonyl (C=O) groups excluding carboxylic acids is 1. The standard InChI is InChI=1S/C22H22N4O3/c27-19-8-4-7-18(23-19)21(28)25-12-10-22(11-13-25)20-16(9-14-29-22)15-26(24-20)17-5-2-1-3-6-17/h1-8,15H,9-14H2,(H,23,27). The second kappa shape index (κ2) is 7.00. The van der Waals surface area contributed by atoms with E-state index in [1.165, 1.54) is 11.6 Å². The van der Waals surface area contributed by atoms with Gasteiger partial charge in [-0.15, -0.1) is 0 Å². The van der Waals surface area contributed by atoms with Crippen LogP contribution in [0.15, 0.2) is 59.5 Å². The van der Waals surface area contributed by atoms with Crippen LogP contribution >= 0.6 is 0 Å². The summed E-state index contributed by atoms with van der Waals surface area (Å²) in [4.78, 5) is 28.7. The van der Waals surface area contributed by atoms with E-state index in [9.17, 15) is 9.59 Å². The molecular weight excluding hydrogens is 368 g/mol. The molecule has 0 saturated carbocycles. The van der Waals surface area contributed by atoms with Crippen molar-refractivity contribution in [2.45, 2.75) is 24.9 Å². The summed E-state index contributed by atoms with van der Waals surface area (Å²) in [6.45, 7) is 1.79. The van der Waals surface area contributed by atoms with Crippen LogP contribution in [0, 0.1) is 0 Å². The van der Waals surface area contributed by atoms with Gasteiger partial charge in [-0.2, -0.15) is 5.10 Å². The van der Waals surface area contributed by atoms with E-state index in [-0.39, 0.29) is 11.5 Å². The second-order valence-corrected chi connectivity index (χ2v) is 7.60. The molecule has 0 atom stereocenters. The molecule has 2 aliphatic rings. The Labute approximate surface area is 167 Å². The number of aromatic amines is 1. The van der Waals surface area contributed by atoms with Crippen molar-refractivity contribution >= 4 is 5.91 Å². The number of aromatic nitrogens is 3. The lowest BCUT2D eigenvalue weighted by molar-refractivity contribution is -0.0963. The third kappa shape index (κ3) is 3.17. The maximum atomic E-state index is 12.8. The van der Waals surface area contributed by atoms with Crippen LogP contribution in [0.4, 0.5) is 0 Å². The third-order valence-corrected chi connectivity index (χ3v) is 5.85. The van der Waals surface area contributed by atoms with Gasteiger partial charge in [0.05, 0.1) is 18.0 Å². The number of fused-ring (bicyclic) bond motifs is 2. The van der Waals surface area contributed by atoms with Crippen LogP contribution in [0.3, 0.4) is 0 Å². The van der Waals surface area contributed by atoms with E-state index in [4.69, 9.17) is 9.84 Å². The number of para-hydroxylation sites is 1. The zero-order valence-electron chi connectivity index (χ0n) is 16.0. The topological polar surface area (TPSA) is 80.2 Å². The predicted octanol–water partition coefficient (Wildman–Crippen LogP) is 2.26. The molecule has 0 radical (unpaired) electrons. The van der Waals surface area contributed by atoms with Crippen molar-refractivity contribution in [3.63, 3.8) is 0 Å². The molecule has 7 nitrogen and oxygen atoms in total. The van der Waals surface area contributed by atoms with E-state index >= 15 is 0 Å². The molecule has 5 rings (SSSR count). The van der Waals surface area contributed by atoms with Crippen molar-refractivity contribution in [2.75, 3.05) is 19.7 Å². The summed E-state index contributed by atoms with van der Waals surface area (Å²) in [5.74, 6) is -0.150. The van der Waals surface area contributed by atoms with Crippen LogP contribution < -0.4 is 5.56 Å². The number of pyridine rings is 1. The number of nitrogens with zero attached hydrogens (tertiary/aromatic N) is 3. The van der Waals surface area contributed by atoms with Gasteiger partial charge < -0.3 is 14.6 Å². The van der Waals surface area contributed by atoms with Gasteiger partial charge in [-0.3, -0.25) is 9.59 Å². The monoisotopic (exact) mass is 390 g/mol. The summed E-state index contributed by atoms with van der Waals surface area (Å²) >= 11 is 0. The summed E-state index contributed by atoms with van der Waals surface area (Å²) < 4.78 is 8.19. The first kappa shape index (κ1) is 17.9. The van der Waals surface area contributed by atoms with Gasteiger partial charge in [-0.05, 0) is 43.0 Å². The van der Waals surface area contributed by atoms with Gasteiger partial charge in [-0.25, -0.2) is 4.68 Å². The van der Waals surface area contributed by atoms with E-state index in [2.05, 4.69) is 11.2 Å². The number of rotatable bonds is 2. The molecule has 1 amide bonds. The van der Waals surface area contributed by atoms with Gasteiger partial charge in [0, 0.05) is 25.4 Å². The third-order valence-electron chi connectivity index (χ3n) is 5.85. The lowest BCUT2D eigenvalue weighted by Crippen LogP contribution is -2.48. The van der Waals surface area contributed by atoms with Crippen LogP contribution in [-0.2, 0) is 16.8 Å². The van der Waals surface area contributed by atoms with Crippen LogP contribution in [0.5, 0.6) is 0 Å². The molecule has 2 aromatic heterocycles. The quantitative estimate of drug-likeness (QED) is 0.728. The molecule has 1 N–H and O–H groups in total. The molecule has 0 aliphatic carbocycles. The summed E-state index contributed by atoms with van der Waals surface area (Å²) in [5, 5.41) is 4.88. The van der Waals surface area contributed by atoms with Crippen LogP contribution in [-0.4, -0.2) is 45.3 Å². The molecule has 29 heavy (non-hydrogen) atoms. The Morgan fingerprint density at radius 2 is 1.86 bits per heavy atom. The highest BCUT2D eigenvalue weighted by Crippen LogP contribution is 2.41. The van der Waals surface area contributed by atoms with Crippen molar-refractivity contribution < 1.29 is 9.53 Å². The number of amides is 1. The molecule has 148 valence electrons. The molecule has 3 aromatic rings. The number of piperidine rings is 1. The molecular formula is C22H22N4O3. The molecule has 4 heterocycles. The Morgan fingerprint density at radius 1 is 1.07 bits per heavy atom. The minimum atomic E-state index is -0.450.